The van der Waals surface area contributed by atoms with Crippen LogP contribution in [0.3, 0.4) is 0 Å². The number of nitrogens with zero attached hydrogens (tertiary/aromatic N) is 2. The predicted octanol–water partition coefficient (Wildman–Crippen LogP) is 7.39. The number of methoxy groups -OCH3 is 2. The maximum Gasteiger partial charge on any atom is 0.407 e. The molecule has 4 heterocycles. The van der Waals surface area contributed by atoms with E-state index in [1.54, 1.807) is 9.80 Å². The Morgan fingerprint density at radius 2 is 0.969 bits per heavy atom. The maximum atomic E-state index is 13.7. The molecular weight excluding hydrogens is 827 g/mol. The van der Waals surface area contributed by atoms with E-state index in [-0.39, 0.29) is 47.5 Å². The van der Waals surface area contributed by atoms with Gasteiger partial charge in [-0.15, -0.1) is 0 Å². The number of hydrogen-bond acceptors (Lipinski definition) is 9. The van der Waals surface area contributed by atoms with Gasteiger partial charge in [-0.2, -0.15) is 0 Å². The van der Waals surface area contributed by atoms with Gasteiger partial charge >= 0.3 is 12.2 Å². The fraction of sp³-hybridized carbons (Fsp3) is 0.520. The molecule has 15 heteroatoms. The molecule has 7 rings (SSSR count). The Kier molecular flexibility index (Phi) is 14.5. The van der Waals surface area contributed by atoms with E-state index in [1.807, 2.05) is 76.2 Å². The van der Waals surface area contributed by atoms with Crippen LogP contribution in [0.4, 0.5) is 21.0 Å². The van der Waals surface area contributed by atoms with E-state index >= 15 is 0 Å². The molecule has 5 N–H and O–H groups in total. The Morgan fingerprint density at radius 1 is 0.585 bits per heavy atom. The highest BCUT2D eigenvalue weighted by molar-refractivity contribution is 6.00. The Morgan fingerprint density at radius 3 is 1.31 bits per heavy atom. The molecular formula is C50H65N7O8. The summed E-state index contributed by atoms with van der Waals surface area (Å²) in [6.45, 7) is 12.8. The molecule has 2 bridgehead atoms. The largest absolute Gasteiger partial charge is 0.453 e. The number of piperidine rings is 1. The molecule has 0 radical (unpaired) electrons. The Labute approximate surface area is 382 Å². The van der Waals surface area contributed by atoms with Crippen LogP contribution in [0.15, 0.2) is 60.7 Å². The Hall–Kier alpha value is -5.96. The highest BCUT2D eigenvalue weighted by Crippen LogP contribution is 2.53. The molecule has 4 aliphatic heterocycles. The van der Waals surface area contributed by atoms with Crippen molar-refractivity contribution in [2.75, 3.05) is 37.9 Å². The molecule has 15 nitrogen and oxygen atoms in total. The Bertz CT molecular complexity index is 2110. The zero-order valence-corrected chi connectivity index (χ0v) is 38.9. The monoisotopic (exact) mass is 891 g/mol. The van der Waals surface area contributed by atoms with Crippen molar-refractivity contribution in [3.05, 3.63) is 71.8 Å². The molecule has 3 aromatic rings. The minimum atomic E-state index is -0.809. The van der Waals surface area contributed by atoms with Crippen molar-refractivity contribution in [1.29, 1.82) is 0 Å². The van der Waals surface area contributed by atoms with Crippen molar-refractivity contribution >= 4 is 47.2 Å². The third-order valence-electron chi connectivity index (χ3n) is 13.8. The molecule has 0 aliphatic carbocycles. The van der Waals surface area contributed by atoms with E-state index in [2.05, 4.69) is 52.6 Å². The fourth-order valence-electron chi connectivity index (χ4n) is 10.2. The summed E-state index contributed by atoms with van der Waals surface area (Å²) in [6.07, 6.45) is 3.10. The maximum absolute atomic E-state index is 13.7. The number of ether oxygens (including phenoxy) is 2. The van der Waals surface area contributed by atoms with Crippen LogP contribution in [-0.4, -0.2) is 97.1 Å². The van der Waals surface area contributed by atoms with Crippen LogP contribution in [0.1, 0.15) is 103 Å². The first-order chi connectivity index (χ1) is 31.1. The number of nitrogens with one attached hydrogen (secondary N) is 5. The van der Waals surface area contributed by atoms with Crippen LogP contribution in [0.5, 0.6) is 0 Å². The SMILES string of the molecule is COC(=O)N[C@H](C(=O)N1CCC[C@H]1C(=O)Nc1ccc(-c2ccc(-c3ccc(NC(=O)[C@@H]4CCCN4C(=O)[C@@H](NC(=O)OC)C(C)C)cc3)c3c2C2CC(C(C)C)CC3N2)cc1)C(C)C. The third-order valence-corrected chi connectivity index (χ3v) is 13.8. The van der Waals surface area contributed by atoms with Crippen molar-refractivity contribution in [2.45, 2.75) is 116 Å². The van der Waals surface area contributed by atoms with Gasteiger partial charge < -0.3 is 45.9 Å². The average Bonchev–Trinajstić information content (AvgIpc) is 4.06. The second kappa shape index (κ2) is 20.1. The van der Waals surface area contributed by atoms with Crippen LogP contribution < -0.4 is 26.6 Å². The number of carbonyl (C=O) groups excluding carboxylic acids is 6. The van der Waals surface area contributed by atoms with Crippen molar-refractivity contribution in [2.24, 2.45) is 23.7 Å². The molecule has 348 valence electrons. The van der Waals surface area contributed by atoms with Crippen LogP contribution in [0.2, 0.25) is 0 Å². The summed E-state index contributed by atoms with van der Waals surface area (Å²) < 4.78 is 9.49. The topological polar surface area (TPSA) is 188 Å². The van der Waals surface area contributed by atoms with Crippen LogP contribution in [0.25, 0.3) is 22.3 Å². The molecule has 6 atom stereocenters. The third kappa shape index (κ3) is 10.00. The summed E-state index contributed by atoms with van der Waals surface area (Å²) in [4.78, 5) is 81.6. The zero-order chi connectivity index (χ0) is 46.7. The summed E-state index contributed by atoms with van der Waals surface area (Å²) in [5, 5.41) is 15.3. The van der Waals surface area contributed by atoms with E-state index in [9.17, 15) is 28.8 Å². The number of carbonyl (C=O) groups is 6. The number of fused-ring (bicyclic) bond motifs is 5. The van der Waals surface area contributed by atoms with Gasteiger partial charge in [-0.1, -0.05) is 77.9 Å². The standard InChI is InChI=1S/C50H65N7O8/c1-27(2)32-25-37-41-35(30-13-17-33(18-14-30)51-45(58)39-11-9-23-56(39)47(60)43(28(3)4)54-49(62)64-7)21-22-36(42(41)38(26-32)53-37)31-15-19-34(20-16-31)52-46(59)40-12-10-24-57(40)48(61)44(29(5)6)55-50(63)65-8/h13-22,27-29,32,37-40,43-44,53H,9-12,23-26H2,1-8H3,(H,51,58)(H,52,59)(H,54,62)(H,55,63)/t32?,37?,38?,39-,40-,43-,44-/m0/s1. The number of hydrogen-bond donors (Lipinski definition) is 5. The van der Waals surface area contributed by atoms with E-state index in [0.29, 0.717) is 62.0 Å². The first-order valence-corrected chi connectivity index (χ1v) is 23.1. The molecule has 6 amide bonds. The van der Waals surface area contributed by atoms with Gasteiger partial charge in [-0.3, -0.25) is 19.2 Å². The number of anilines is 2. The summed E-state index contributed by atoms with van der Waals surface area (Å²) in [5.74, 6) is -0.436. The lowest BCUT2D eigenvalue weighted by Crippen LogP contribution is -2.54. The molecule has 3 fully saturated rings. The van der Waals surface area contributed by atoms with Crippen molar-refractivity contribution in [3.8, 4) is 22.3 Å². The second-order valence-electron chi connectivity index (χ2n) is 19.0. The van der Waals surface area contributed by atoms with Gasteiger partial charge in [0.25, 0.3) is 0 Å². The van der Waals surface area contributed by atoms with Gasteiger partial charge in [-0.25, -0.2) is 9.59 Å². The Balaban J connectivity index is 1.08. The van der Waals surface area contributed by atoms with Crippen molar-refractivity contribution in [1.82, 2.24) is 25.8 Å². The van der Waals surface area contributed by atoms with E-state index in [4.69, 9.17) is 9.47 Å². The number of amides is 6. The van der Waals surface area contributed by atoms with Crippen LogP contribution in [-0.2, 0) is 28.7 Å². The molecule has 0 saturated carbocycles. The first-order valence-electron chi connectivity index (χ1n) is 23.1. The lowest BCUT2D eigenvalue weighted by atomic mass is 9.82. The fourth-order valence-corrected chi connectivity index (χ4v) is 10.2. The normalized spacial score (nSPS) is 22.0. The highest BCUT2D eigenvalue weighted by atomic mass is 16.5. The van der Waals surface area contributed by atoms with Crippen molar-refractivity contribution in [3.63, 3.8) is 0 Å². The van der Waals surface area contributed by atoms with E-state index in [0.717, 1.165) is 35.1 Å². The summed E-state index contributed by atoms with van der Waals surface area (Å²) >= 11 is 0. The predicted molar refractivity (Wildman–Crippen MR) is 249 cm³/mol. The molecule has 0 spiro atoms. The van der Waals surface area contributed by atoms with E-state index < -0.39 is 36.4 Å². The number of benzene rings is 3. The minimum Gasteiger partial charge on any atom is -0.453 e. The van der Waals surface area contributed by atoms with Gasteiger partial charge in [0.15, 0.2) is 0 Å². The second-order valence-corrected chi connectivity index (χ2v) is 19.0. The summed E-state index contributed by atoms with van der Waals surface area (Å²) in [6, 6.07) is 17.6. The van der Waals surface area contributed by atoms with Gasteiger partial charge in [-0.05, 0) is 120 Å². The molecule has 4 aliphatic rings. The van der Waals surface area contributed by atoms with Crippen LogP contribution in [0, 0.1) is 23.7 Å². The number of alkyl carbamates (subject to hydrolysis) is 2. The summed E-state index contributed by atoms with van der Waals surface area (Å²) in [7, 11) is 2.51. The van der Waals surface area contributed by atoms with Crippen molar-refractivity contribution < 1.29 is 38.2 Å². The minimum absolute atomic E-state index is 0.174. The van der Waals surface area contributed by atoms with Gasteiger partial charge in [0.1, 0.15) is 24.2 Å². The van der Waals surface area contributed by atoms with Gasteiger partial charge in [0.05, 0.1) is 14.2 Å². The smallest absolute Gasteiger partial charge is 0.407 e. The van der Waals surface area contributed by atoms with Crippen LogP contribution >= 0.6 is 0 Å². The lowest BCUT2D eigenvalue weighted by molar-refractivity contribution is -0.139. The average molecular weight is 892 g/mol. The highest BCUT2D eigenvalue weighted by Gasteiger charge is 2.43. The molecule has 2 unspecified atom stereocenters. The number of rotatable bonds is 13. The summed E-state index contributed by atoms with van der Waals surface area (Å²) in [5.41, 5.74) is 8.18. The van der Waals surface area contributed by atoms with Gasteiger partial charge in [0, 0.05) is 36.5 Å². The molecule has 0 aromatic heterocycles. The quantitative estimate of drug-likeness (QED) is 0.117. The van der Waals surface area contributed by atoms with E-state index in [1.165, 1.54) is 25.3 Å². The molecule has 3 aromatic carbocycles. The lowest BCUT2D eigenvalue weighted by Gasteiger charge is -2.32. The number of likely N-dealkylation sites (tertiary alicyclic amines) is 2. The molecule has 65 heavy (non-hydrogen) atoms. The zero-order valence-electron chi connectivity index (χ0n) is 38.9. The van der Waals surface area contributed by atoms with Gasteiger partial charge in [0.2, 0.25) is 23.6 Å². The first kappa shape index (κ1) is 47.0. The molecule has 3 saturated heterocycles.